The first-order valence-electron chi connectivity index (χ1n) is 6.02. The summed E-state index contributed by atoms with van der Waals surface area (Å²) in [5.74, 6) is 0.504. The number of carbonyl (C=O) groups is 1. The lowest BCUT2D eigenvalue weighted by Crippen LogP contribution is -2.21. The van der Waals surface area contributed by atoms with E-state index in [1.54, 1.807) is 0 Å². The van der Waals surface area contributed by atoms with Crippen LogP contribution in [0, 0.1) is 0 Å². The van der Waals surface area contributed by atoms with Crippen molar-refractivity contribution in [2.24, 2.45) is 0 Å². The number of carbonyl (C=O) groups excluding carboxylic acids is 1. The van der Waals surface area contributed by atoms with Gasteiger partial charge in [0.15, 0.2) is 0 Å². The van der Waals surface area contributed by atoms with Gasteiger partial charge >= 0.3 is 0 Å². The van der Waals surface area contributed by atoms with Crippen molar-refractivity contribution in [2.45, 2.75) is 68.3 Å². The van der Waals surface area contributed by atoms with Crippen LogP contribution in [0.4, 0.5) is 0 Å². The Bertz CT molecular complexity index is 196. The van der Waals surface area contributed by atoms with Gasteiger partial charge in [-0.1, -0.05) is 19.3 Å². The highest BCUT2D eigenvalue weighted by molar-refractivity contribution is 8.00. The molecule has 2 rings (SSSR count). The Kier molecular flexibility index (Phi) is 3.91. The predicted octanol–water partition coefficient (Wildman–Crippen LogP) is 3.56. The van der Waals surface area contributed by atoms with Crippen molar-refractivity contribution in [1.82, 2.24) is 0 Å². The molecule has 2 saturated carbocycles. The minimum atomic E-state index is 0.504. The van der Waals surface area contributed by atoms with Crippen molar-refractivity contribution in [3.8, 4) is 0 Å². The summed E-state index contributed by atoms with van der Waals surface area (Å²) < 4.78 is 0. The second kappa shape index (κ2) is 5.20. The van der Waals surface area contributed by atoms with E-state index < -0.39 is 0 Å². The van der Waals surface area contributed by atoms with Gasteiger partial charge in [-0.25, -0.2) is 0 Å². The molecule has 80 valence electrons. The lowest BCUT2D eigenvalue weighted by molar-refractivity contribution is -0.120. The Labute approximate surface area is 91.0 Å². The zero-order chi connectivity index (χ0) is 9.80. The molecule has 2 fully saturated rings. The third-order valence-electron chi connectivity index (χ3n) is 3.37. The number of hydrogen-bond donors (Lipinski definition) is 0. The van der Waals surface area contributed by atoms with Crippen molar-refractivity contribution in [2.75, 3.05) is 0 Å². The molecule has 0 heterocycles. The van der Waals surface area contributed by atoms with E-state index >= 15 is 0 Å². The van der Waals surface area contributed by atoms with Crippen LogP contribution in [-0.2, 0) is 4.79 Å². The zero-order valence-electron chi connectivity index (χ0n) is 8.84. The maximum Gasteiger partial charge on any atom is 0.134 e. The Hall–Kier alpha value is 0.0200. The van der Waals surface area contributed by atoms with Crippen molar-refractivity contribution < 1.29 is 4.79 Å². The first-order valence-corrected chi connectivity index (χ1v) is 6.96. The molecule has 1 nitrogen and oxygen atoms in total. The third kappa shape index (κ3) is 3.01. The molecule has 0 aliphatic heterocycles. The molecule has 1 unspecified atom stereocenters. The summed E-state index contributed by atoms with van der Waals surface area (Å²) in [6.07, 6.45) is 11.2. The topological polar surface area (TPSA) is 17.1 Å². The maximum absolute atomic E-state index is 11.3. The van der Waals surface area contributed by atoms with Gasteiger partial charge in [0.25, 0.3) is 0 Å². The van der Waals surface area contributed by atoms with Crippen molar-refractivity contribution in [3.63, 3.8) is 0 Å². The molecule has 0 bridgehead atoms. The first-order chi connectivity index (χ1) is 6.84. The van der Waals surface area contributed by atoms with Gasteiger partial charge in [0, 0.05) is 23.3 Å². The van der Waals surface area contributed by atoms with E-state index in [-0.39, 0.29) is 0 Å². The van der Waals surface area contributed by atoms with Crippen LogP contribution in [0.5, 0.6) is 0 Å². The van der Waals surface area contributed by atoms with Crippen LogP contribution < -0.4 is 0 Å². The molecule has 0 aromatic rings. The van der Waals surface area contributed by atoms with Crippen LogP contribution in [0.3, 0.4) is 0 Å². The normalized spacial score (nSPS) is 30.6. The van der Waals surface area contributed by atoms with E-state index in [2.05, 4.69) is 11.8 Å². The predicted molar refractivity (Wildman–Crippen MR) is 61.7 cm³/mol. The van der Waals surface area contributed by atoms with Crippen LogP contribution >= 0.6 is 11.8 Å². The van der Waals surface area contributed by atoms with Gasteiger partial charge in [-0.3, -0.25) is 4.79 Å². The second-order valence-corrected chi connectivity index (χ2v) is 6.26. The summed E-state index contributed by atoms with van der Waals surface area (Å²) in [5, 5.41) is 1.54. The Morgan fingerprint density at radius 2 is 1.64 bits per heavy atom. The minimum Gasteiger partial charge on any atom is -0.300 e. The summed E-state index contributed by atoms with van der Waals surface area (Å²) in [4.78, 5) is 11.3. The fourth-order valence-corrected chi connectivity index (χ4v) is 4.31. The largest absolute Gasteiger partial charge is 0.300 e. The van der Waals surface area contributed by atoms with Crippen molar-refractivity contribution >= 4 is 17.5 Å². The van der Waals surface area contributed by atoms with E-state index in [1.807, 2.05) is 0 Å². The third-order valence-corrected chi connectivity index (χ3v) is 5.02. The van der Waals surface area contributed by atoms with E-state index in [0.29, 0.717) is 11.0 Å². The van der Waals surface area contributed by atoms with E-state index in [1.165, 1.54) is 38.5 Å². The molecule has 2 heteroatoms. The number of hydrogen-bond acceptors (Lipinski definition) is 2. The standard InChI is InChI=1S/C12H20OS/c13-10-5-4-8-12(9-10)14-11-6-2-1-3-7-11/h11-12H,1-9H2. The number of Topliss-reactive ketones (excluding diaryl/α,β-unsaturated/α-hetero) is 1. The van der Waals surface area contributed by atoms with Crippen molar-refractivity contribution in [1.29, 1.82) is 0 Å². The molecule has 0 spiro atoms. The molecule has 0 saturated heterocycles. The van der Waals surface area contributed by atoms with Gasteiger partial charge in [0.1, 0.15) is 5.78 Å². The SMILES string of the molecule is O=C1CCCC(SC2CCCCC2)C1. The van der Waals surface area contributed by atoms with Crippen LogP contribution in [0.15, 0.2) is 0 Å². The summed E-state index contributed by atoms with van der Waals surface area (Å²) in [6, 6.07) is 0. The minimum absolute atomic E-state index is 0.504. The van der Waals surface area contributed by atoms with E-state index in [0.717, 1.165) is 24.5 Å². The van der Waals surface area contributed by atoms with Crippen molar-refractivity contribution in [3.05, 3.63) is 0 Å². The summed E-state index contributed by atoms with van der Waals surface area (Å²) in [6.45, 7) is 0. The number of rotatable bonds is 2. The summed E-state index contributed by atoms with van der Waals surface area (Å²) in [7, 11) is 0. The maximum atomic E-state index is 11.3. The first kappa shape index (κ1) is 10.5. The van der Waals surface area contributed by atoms with Crippen LogP contribution in [0.25, 0.3) is 0 Å². The smallest absolute Gasteiger partial charge is 0.134 e. The molecular formula is C12H20OS. The lowest BCUT2D eigenvalue weighted by Gasteiger charge is -2.27. The van der Waals surface area contributed by atoms with Gasteiger partial charge in [0.2, 0.25) is 0 Å². The highest BCUT2D eigenvalue weighted by Crippen LogP contribution is 2.35. The lowest BCUT2D eigenvalue weighted by atomic mass is 9.99. The van der Waals surface area contributed by atoms with Gasteiger partial charge in [-0.15, -0.1) is 0 Å². The Morgan fingerprint density at radius 1 is 0.929 bits per heavy atom. The van der Waals surface area contributed by atoms with E-state index in [9.17, 15) is 4.79 Å². The molecule has 0 aromatic heterocycles. The monoisotopic (exact) mass is 212 g/mol. The average Bonchev–Trinajstić information content (AvgIpc) is 2.19. The van der Waals surface area contributed by atoms with Gasteiger partial charge < -0.3 is 0 Å². The van der Waals surface area contributed by atoms with Crippen LogP contribution in [0.2, 0.25) is 0 Å². The quantitative estimate of drug-likeness (QED) is 0.696. The van der Waals surface area contributed by atoms with Crippen LogP contribution in [-0.4, -0.2) is 16.3 Å². The molecule has 14 heavy (non-hydrogen) atoms. The van der Waals surface area contributed by atoms with Crippen LogP contribution in [0.1, 0.15) is 57.8 Å². The average molecular weight is 212 g/mol. The highest BCUT2D eigenvalue weighted by Gasteiger charge is 2.24. The molecular weight excluding hydrogens is 192 g/mol. The molecule has 0 N–H and O–H groups in total. The summed E-state index contributed by atoms with van der Waals surface area (Å²) >= 11 is 2.12. The summed E-state index contributed by atoms with van der Waals surface area (Å²) in [5.41, 5.74) is 0. The fourth-order valence-electron chi connectivity index (χ4n) is 2.57. The fraction of sp³-hybridized carbons (Fsp3) is 0.917. The Morgan fingerprint density at radius 3 is 2.36 bits per heavy atom. The molecule has 2 aliphatic rings. The number of ketones is 1. The number of thioether (sulfide) groups is 1. The molecule has 0 amide bonds. The van der Waals surface area contributed by atoms with E-state index in [4.69, 9.17) is 0 Å². The Balaban J connectivity index is 1.75. The molecule has 1 atom stereocenters. The zero-order valence-corrected chi connectivity index (χ0v) is 9.65. The van der Waals surface area contributed by atoms with Gasteiger partial charge in [-0.05, 0) is 25.7 Å². The second-order valence-electron chi connectivity index (χ2n) is 4.65. The van der Waals surface area contributed by atoms with Gasteiger partial charge in [0.05, 0.1) is 0 Å². The highest BCUT2D eigenvalue weighted by atomic mass is 32.2. The molecule has 0 radical (unpaired) electrons. The molecule has 2 aliphatic carbocycles. The van der Waals surface area contributed by atoms with Gasteiger partial charge in [-0.2, -0.15) is 11.8 Å². The molecule has 0 aromatic carbocycles.